The van der Waals surface area contributed by atoms with Gasteiger partial charge < -0.3 is 16.0 Å². The van der Waals surface area contributed by atoms with E-state index < -0.39 is 0 Å². The number of nitrogens with zero attached hydrogens (tertiary/aromatic N) is 1. The minimum atomic E-state index is -0.0184. The number of hydrogen-bond acceptors (Lipinski definition) is 3. The number of unbranched alkanes of at least 4 members (excludes halogenated alkanes) is 1. The first kappa shape index (κ1) is 14.7. The fourth-order valence-electron chi connectivity index (χ4n) is 1.70. The lowest BCUT2D eigenvalue weighted by molar-refractivity contribution is 0.0952. The van der Waals surface area contributed by atoms with Crippen LogP contribution in [-0.4, -0.2) is 38.0 Å². The van der Waals surface area contributed by atoms with Gasteiger partial charge in [-0.25, -0.2) is 0 Å². The minimum Gasteiger partial charge on any atom is -0.352 e. The summed E-state index contributed by atoms with van der Waals surface area (Å²) < 4.78 is 0. The molecule has 100 valence electrons. The Morgan fingerprint density at radius 2 is 2.11 bits per heavy atom. The van der Waals surface area contributed by atoms with Crippen molar-refractivity contribution in [1.82, 2.24) is 10.2 Å². The second-order valence-corrected chi connectivity index (χ2v) is 4.67. The number of carbonyl (C=O) groups excluding carboxylic acids is 1. The smallest absolute Gasteiger partial charge is 0.251 e. The van der Waals surface area contributed by atoms with Crippen LogP contribution in [0.5, 0.6) is 0 Å². The van der Waals surface area contributed by atoms with E-state index in [0.29, 0.717) is 12.1 Å². The van der Waals surface area contributed by atoms with Crippen LogP contribution in [0.3, 0.4) is 0 Å². The second kappa shape index (κ2) is 7.84. The van der Waals surface area contributed by atoms with E-state index in [1.54, 1.807) is 0 Å². The quantitative estimate of drug-likeness (QED) is 0.714. The van der Waals surface area contributed by atoms with Gasteiger partial charge in [0.25, 0.3) is 5.91 Å². The molecule has 18 heavy (non-hydrogen) atoms. The molecule has 0 aliphatic rings. The van der Waals surface area contributed by atoms with Gasteiger partial charge in [-0.1, -0.05) is 12.1 Å². The molecule has 0 unspecified atom stereocenters. The minimum absolute atomic E-state index is 0.0184. The first-order chi connectivity index (χ1) is 8.63. The Morgan fingerprint density at radius 1 is 1.33 bits per heavy atom. The standard InChI is InChI=1S/C14H23N3O/c1-17(2)9-4-3-8-16-14(18)13-7-5-6-12(10-13)11-15/h5-7,10H,3-4,8-9,11,15H2,1-2H3,(H,16,18). The van der Waals surface area contributed by atoms with Crippen LogP contribution in [0.4, 0.5) is 0 Å². The average molecular weight is 249 g/mol. The van der Waals surface area contributed by atoms with Crippen molar-refractivity contribution in [3.8, 4) is 0 Å². The molecule has 1 aromatic carbocycles. The zero-order valence-corrected chi connectivity index (χ0v) is 11.3. The van der Waals surface area contributed by atoms with Gasteiger partial charge >= 0.3 is 0 Å². The lowest BCUT2D eigenvalue weighted by Gasteiger charge is -2.09. The molecular weight excluding hydrogens is 226 g/mol. The van der Waals surface area contributed by atoms with E-state index in [9.17, 15) is 4.79 Å². The fraction of sp³-hybridized carbons (Fsp3) is 0.500. The van der Waals surface area contributed by atoms with Crippen LogP contribution in [0.2, 0.25) is 0 Å². The van der Waals surface area contributed by atoms with Crippen molar-refractivity contribution < 1.29 is 4.79 Å². The Bertz CT molecular complexity index is 377. The van der Waals surface area contributed by atoms with Gasteiger partial charge in [0.05, 0.1) is 0 Å². The van der Waals surface area contributed by atoms with Crippen LogP contribution in [0, 0.1) is 0 Å². The van der Waals surface area contributed by atoms with Gasteiger partial charge in [-0.05, 0) is 51.2 Å². The highest BCUT2D eigenvalue weighted by Crippen LogP contribution is 2.04. The number of benzene rings is 1. The number of nitrogens with one attached hydrogen (secondary N) is 1. The third-order valence-corrected chi connectivity index (χ3v) is 2.74. The maximum absolute atomic E-state index is 11.8. The molecule has 0 fully saturated rings. The zero-order chi connectivity index (χ0) is 13.4. The summed E-state index contributed by atoms with van der Waals surface area (Å²) in [5, 5.41) is 2.93. The van der Waals surface area contributed by atoms with Crippen molar-refractivity contribution in [2.75, 3.05) is 27.2 Å². The Hall–Kier alpha value is -1.39. The zero-order valence-electron chi connectivity index (χ0n) is 11.3. The van der Waals surface area contributed by atoms with Crippen molar-refractivity contribution in [2.24, 2.45) is 5.73 Å². The third-order valence-electron chi connectivity index (χ3n) is 2.74. The van der Waals surface area contributed by atoms with Gasteiger partial charge in [0.2, 0.25) is 0 Å². The molecular formula is C14H23N3O. The SMILES string of the molecule is CN(C)CCCCNC(=O)c1cccc(CN)c1. The number of amides is 1. The first-order valence-corrected chi connectivity index (χ1v) is 6.35. The molecule has 3 N–H and O–H groups in total. The van der Waals surface area contributed by atoms with E-state index in [4.69, 9.17) is 5.73 Å². The average Bonchev–Trinajstić information content (AvgIpc) is 2.37. The molecule has 0 aliphatic heterocycles. The molecule has 0 saturated heterocycles. The van der Waals surface area contributed by atoms with E-state index in [0.717, 1.165) is 31.5 Å². The molecule has 4 nitrogen and oxygen atoms in total. The Kier molecular flexibility index (Phi) is 6.39. The summed E-state index contributed by atoms with van der Waals surface area (Å²) in [6, 6.07) is 7.44. The molecule has 0 radical (unpaired) electrons. The van der Waals surface area contributed by atoms with Crippen molar-refractivity contribution in [2.45, 2.75) is 19.4 Å². The highest BCUT2D eigenvalue weighted by atomic mass is 16.1. The molecule has 0 bridgehead atoms. The maximum Gasteiger partial charge on any atom is 0.251 e. The molecule has 0 aromatic heterocycles. The predicted octanol–water partition coefficient (Wildman–Crippen LogP) is 1.22. The predicted molar refractivity (Wildman–Crippen MR) is 74.5 cm³/mol. The molecule has 0 spiro atoms. The summed E-state index contributed by atoms with van der Waals surface area (Å²) in [6.07, 6.45) is 2.09. The van der Waals surface area contributed by atoms with Gasteiger partial charge in [-0.2, -0.15) is 0 Å². The third kappa shape index (κ3) is 5.29. The van der Waals surface area contributed by atoms with E-state index in [1.165, 1.54) is 0 Å². The summed E-state index contributed by atoms with van der Waals surface area (Å²) >= 11 is 0. The number of rotatable bonds is 7. The highest BCUT2D eigenvalue weighted by Gasteiger charge is 2.04. The van der Waals surface area contributed by atoms with Crippen molar-refractivity contribution in [3.05, 3.63) is 35.4 Å². The maximum atomic E-state index is 11.8. The van der Waals surface area contributed by atoms with Gasteiger partial charge in [0, 0.05) is 18.7 Å². The van der Waals surface area contributed by atoms with E-state index >= 15 is 0 Å². The molecule has 0 atom stereocenters. The highest BCUT2D eigenvalue weighted by molar-refractivity contribution is 5.94. The van der Waals surface area contributed by atoms with E-state index in [1.807, 2.05) is 24.3 Å². The Morgan fingerprint density at radius 3 is 2.78 bits per heavy atom. The fourth-order valence-corrected chi connectivity index (χ4v) is 1.70. The van der Waals surface area contributed by atoms with Gasteiger partial charge in [-0.15, -0.1) is 0 Å². The monoisotopic (exact) mass is 249 g/mol. The molecule has 0 heterocycles. The van der Waals surface area contributed by atoms with E-state index in [2.05, 4.69) is 24.3 Å². The molecule has 1 aromatic rings. The Labute approximate surface area is 109 Å². The lowest BCUT2D eigenvalue weighted by atomic mass is 10.1. The van der Waals surface area contributed by atoms with Crippen LogP contribution in [0.25, 0.3) is 0 Å². The van der Waals surface area contributed by atoms with Crippen LogP contribution >= 0.6 is 0 Å². The number of hydrogen-bond donors (Lipinski definition) is 2. The largest absolute Gasteiger partial charge is 0.352 e. The molecule has 0 saturated carbocycles. The van der Waals surface area contributed by atoms with Crippen LogP contribution < -0.4 is 11.1 Å². The second-order valence-electron chi connectivity index (χ2n) is 4.67. The summed E-state index contributed by atoms with van der Waals surface area (Å²) in [5.41, 5.74) is 7.22. The summed E-state index contributed by atoms with van der Waals surface area (Å²) in [6.45, 7) is 2.24. The molecule has 1 rings (SSSR count). The van der Waals surface area contributed by atoms with Crippen LogP contribution in [0.1, 0.15) is 28.8 Å². The number of carbonyl (C=O) groups is 1. The summed E-state index contributed by atoms with van der Waals surface area (Å²) in [4.78, 5) is 14.0. The summed E-state index contributed by atoms with van der Waals surface area (Å²) in [5.74, 6) is -0.0184. The van der Waals surface area contributed by atoms with Crippen LogP contribution in [0.15, 0.2) is 24.3 Å². The molecule has 4 heteroatoms. The van der Waals surface area contributed by atoms with Gasteiger partial charge in [0.1, 0.15) is 0 Å². The van der Waals surface area contributed by atoms with Crippen molar-refractivity contribution >= 4 is 5.91 Å². The first-order valence-electron chi connectivity index (χ1n) is 6.35. The van der Waals surface area contributed by atoms with Crippen molar-refractivity contribution in [3.63, 3.8) is 0 Å². The van der Waals surface area contributed by atoms with Crippen LogP contribution in [-0.2, 0) is 6.54 Å². The topological polar surface area (TPSA) is 58.4 Å². The van der Waals surface area contributed by atoms with Gasteiger partial charge in [-0.3, -0.25) is 4.79 Å². The normalized spacial score (nSPS) is 10.7. The van der Waals surface area contributed by atoms with E-state index in [-0.39, 0.29) is 5.91 Å². The molecule has 0 aliphatic carbocycles. The lowest BCUT2D eigenvalue weighted by Crippen LogP contribution is -2.25. The van der Waals surface area contributed by atoms with Crippen molar-refractivity contribution in [1.29, 1.82) is 0 Å². The summed E-state index contributed by atoms with van der Waals surface area (Å²) in [7, 11) is 4.10. The van der Waals surface area contributed by atoms with Gasteiger partial charge in [0.15, 0.2) is 0 Å². The Balaban J connectivity index is 2.31. The molecule has 1 amide bonds. The number of nitrogens with two attached hydrogens (primary N) is 1.